The minimum absolute atomic E-state index is 0.647. The van der Waals surface area contributed by atoms with Gasteiger partial charge in [0.1, 0.15) is 0 Å². The van der Waals surface area contributed by atoms with Crippen LogP contribution in [0.1, 0.15) is 110 Å². The van der Waals surface area contributed by atoms with E-state index in [1.807, 2.05) is 0 Å². The Labute approximate surface area is 192 Å². The molecule has 0 spiro atoms. The van der Waals surface area contributed by atoms with Gasteiger partial charge in [-0.05, 0) is 144 Å². The number of likely N-dealkylation sites (tertiary alicyclic amines) is 2. The molecule has 6 fully saturated rings. The van der Waals surface area contributed by atoms with Crippen molar-refractivity contribution in [2.24, 2.45) is 34.5 Å². The monoisotopic (exact) mass is 426 g/mol. The van der Waals surface area contributed by atoms with Gasteiger partial charge < -0.3 is 9.80 Å². The lowest BCUT2D eigenvalue weighted by molar-refractivity contribution is -0.118. The summed E-state index contributed by atoms with van der Waals surface area (Å²) >= 11 is 0. The zero-order valence-corrected chi connectivity index (χ0v) is 20.8. The van der Waals surface area contributed by atoms with Crippen LogP contribution in [-0.2, 0) is 0 Å². The second kappa shape index (κ2) is 8.30. The second-order valence-electron chi connectivity index (χ2n) is 13.6. The summed E-state index contributed by atoms with van der Waals surface area (Å²) in [5.41, 5.74) is 1.31. The van der Waals surface area contributed by atoms with Crippen molar-refractivity contribution in [1.29, 1.82) is 0 Å². The van der Waals surface area contributed by atoms with Crippen molar-refractivity contribution in [2.45, 2.75) is 122 Å². The Bertz CT molecular complexity index is 635. The van der Waals surface area contributed by atoms with Crippen molar-refractivity contribution in [2.75, 3.05) is 26.2 Å². The van der Waals surface area contributed by atoms with Crippen molar-refractivity contribution in [3.05, 3.63) is 0 Å². The minimum Gasteiger partial charge on any atom is -0.300 e. The molecule has 2 heterocycles. The molecule has 0 aromatic rings. The maximum Gasteiger partial charge on any atom is 0.0103 e. The van der Waals surface area contributed by atoms with Gasteiger partial charge in [0, 0.05) is 12.1 Å². The highest BCUT2D eigenvalue weighted by Crippen LogP contribution is 2.66. The Balaban J connectivity index is 1.20. The van der Waals surface area contributed by atoms with Crippen LogP contribution in [0.5, 0.6) is 0 Å². The Morgan fingerprint density at radius 2 is 1.26 bits per heavy atom. The number of nitrogens with zero attached hydrogens (tertiary/aromatic N) is 2. The highest BCUT2D eigenvalue weighted by atomic mass is 15.2. The molecule has 0 amide bonds. The second-order valence-corrected chi connectivity index (χ2v) is 13.6. The average molecular weight is 427 g/mol. The van der Waals surface area contributed by atoms with E-state index in [4.69, 9.17) is 0 Å². The van der Waals surface area contributed by atoms with E-state index in [-0.39, 0.29) is 0 Å². The van der Waals surface area contributed by atoms with Gasteiger partial charge in [-0.1, -0.05) is 26.7 Å². The molecule has 2 saturated heterocycles. The summed E-state index contributed by atoms with van der Waals surface area (Å²) in [5.74, 6) is 4.16. The molecule has 2 aliphatic heterocycles. The third kappa shape index (κ3) is 3.65. The summed E-state index contributed by atoms with van der Waals surface area (Å²) in [6.07, 6.45) is 22.7. The van der Waals surface area contributed by atoms with Gasteiger partial charge in [0.2, 0.25) is 0 Å². The summed E-state index contributed by atoms with van der Waals surface area (Å²) in [5, 5.41) is 0. The van der Waals surface area contributed by atoms with Gasteiger partial charge in [-0.2, -0.15) is 0 Å². The molecule has 2 unspecified atom stereocenters. The van der Waals surface area contributed by atoms with E-state index in [0.717, 1.165) is 35.8 Å². The molecule has 0 aromatic heterocycles. The Hall–Kier alpha value is -0.0800. The molecular weight excluding hydrogens is 376 g/mol. The van der Waals surface area contributed by atoms with Crippen LogP contribution in [0.3, 0.4) is 0 Å². The van der Waals surface area contributed by atoms with Crippen molar-refractivity contribution >= 4 is 0 Å². The van der Waals surface area contributed by atoms with Crippen molar-refractivity contribution in [1.82, 2.24) is 9.80 Å². The van der Waals surface area contributed by atoms with Crippen molar-refractivity contribution < 1.29 is 0 Å². The summed E-state index contributed by atoms with van der Waals surface area (Å²) < 4.78 is 0. The fourth-order valence-corrected chi connectivity index (χ4v) is 10.5. The van der Waals surface area contributed by atoms with Crippen LogP contribution in [-0.4, -0.2) is 48.1 Å². The summed E-state index contributed by atoms with van der Waals surface area (Å²) in [6.45, 7) is 11.1. The molecule has 4 aliphatic carbocycles. The molecule has 8 atom stereocenters. The van der Waals surface area contributed by atoms with Gasteiger partial charge in [0.05, 0.1) is 0 Å². The van der Waals surface area contributed by atoms with Gasteiger partial charge in [0.15, 0.2) is 0 Å². The van der Waals surface area contributed by atoms with E-state index >= 15 is 0 Å². The Morgan fingerprint density at radius 3 is 1.97 bits per heavy atom. The molecule has 2 heteroatoms. The van der Waals surface area contributed by atoms with Crippen LogP contribution in [0.25, 0.3) is 0 Å². The zero-order chi connectivity index (χ0) is 21.1. The lowest BCUT2D eigenvalue weighted by atomic mass is 9.45. The number of piperidine rings is 2. The van der Waals surface area contributed by atoms with Crippen LogP contribution >= 0.6 is 0 Å². The predicted octanol–water partition coefficient (Wildman–Crippen LogP) is 6.74. The molecule has 0 aromatic carbocycles. The molecule has 6 aliphatic rings. The molecule has 176 valence electrons. The van der Waals surface area contributed by atoms with Gasteiger partial charge >= 0.3 is 0 Å². The topological polar surface area (TPSA) is 6.48 Å². The average Bonchev–Trinajstić information content (AvgIpc) is 3.17. The van der Waals surface area contributed by atoms with Gasteiger partial charge in [-0.25, -0.2) is 0 Å². The van der Waals surface area contributed by atoms with E-state index in [1.54, 1.807) is 38.5 Å². The highest BCUT2D eigenvalue weighted by Gasteiger charge is 2.60. The van der Waals surface area contributed by atoms with Crippen molar-refractivity contribution in [3.63, 3.8) is 0 Å². The maximum atomic E-state index is 2.93. The van der Waals surface area contributed by atoms with Crippen LogP contribution < -0.4 is 0 Å². The first-order chi connectivity index (χ1) is 15.1. The van der Waals surface area contributed by atoms with Crippen LogP contribution in [0, 0.1) is 34.5 Å². The van der Waals surface area contributed by atoms with Crippen molar-refractivity contribution in [3.8, 4) is 0 Å². The van der Waals surface area contributed by atoms with Gasteiger partial charge in [-0.15, -0.1) is 0 Å². The number of hydrogen-bond donors (Lipinski definition) is 0. The molecule has 0 N–H and O–H groups in total. The Kier molecular flexibility index (Phi) is 5.74. The smallest absolute Gasteiger partial charge is 0.0103 e. The fourth-order valence-electron chi connectivity index (χ4n) is 10.5. The number of fused-ring (bicyclic) bond motifs is 5. The molecule has 31 heavy (non-hydrogen) atoms. The Morgan fingerprint density at radius 1 is 0.613 bits per heavy atom. The standard InChI is InChI=1S/C29H50N2/c1-28-14-13-26-25(27(28)19-24(20-28)31-17-7-4-8-18-31)12-10-22-9-11-23(21-29(22,26)2)30-15-5-3-6-16-30/h22-27H,3-21H2,1-2H3/t22-,23?,24?,25-,26+,27+,28-,29+/m1/s1. The summed E-state index contributed by atoms with van der Waals surface area (Å²) in [6, 6.07) is 1.84. The summed E-state index contributed by atoms with van der Waals surface area (Å²) in [4.78, 5) is 5.87. The van der Waals surface area contributed by atoms with Crippen LogP contribution in [0.15, 0.2) is 0 Å². The third-order valence-electron chi connectivity index (χ3n) is 12.1. The molecule has 0 bridgehead atoms. The SMILES string of the molecule is C[C@]12CC[C@H]3[C@@H](CC[C@H]4CCC(N5CCCCC5)C[C@@]43C)[C@@H]1CC(N1CCCCC1)C2. The quantitative estimate of drug-likeness (QED) is 0.482. The van der Waals surface area contributed by atoms with E-state index in [0.29, 0.717) is 10.8 Å². The lowest BCUT2D eigenvalue weighted by Gasteiger charge is -2.61. The molecule has 2 nitrogen and oxygen atoms in total. The van der Waals surface area contributed by atoms with E-state index in [2.05, 4.69) is 23.6 Å². The largest absolute Gasteiger partial charge is 0.300 e. The normalized spacial score (nSPS) is 51.7. The highest BCUT2D eigenvalue weighted by molar-refractivity contribution is 5.10. The summed E-state index contributed by atoms with van der Waals surface area (Å²) in [7, 11) is 0. The van der Waals surface area contributed by atoms with Gasteiger partial charge in [0.25, 0.3) is 0 Å². The number of hydrogen-bond acceptors (Lipinski definition) is 2. The third-order valence-corrected chi connectivity index (χ3v) is 12.1. The predicted molar refractivity (Wildman–Crippen MR) is 130 cm³/mol. The molecule has 4 saturated carbocycles. The van der Waals surface area contributed by atoms with E-state index in [1.165, 1.54) is 84.0 Å². The van der Waals surface area contributed by atoms with E-state index < -0.39 is 0 Å². The molecular formula is C29H50N2. The first-order valence-electron chi connectivity index (χ1n) is 14.5. The number of rotatable bonds is 2. The van der Waals surface area contributed by atoms with Crippen LogP contribution in [0.4, 0.5) is 0 Å². The fraction of sp³-hybridized carbons (Fsp3) is 1.00. The first kappa shape index (κ1) is 21.5. The molecule has 6 rings (SSSR count). The first-order valence-corrected chi connectivity index (χ1v) is 14.5. The van der Waals surface area contributed by atoms with Crippen LogP contribution in [0.2, 0.25) is 0 Å². The minimum atomic E-state index is 0.647. The zero-order valence-electron chi connectivity index (χ0n) is 20.8. The maximum absolute atomic E-state index is 2.93. The van der Waals surface area contributed by atoms with E-state index in [9.17, 15) is 0 Å². The molecule has 0 radical (unpaired) electrons. The lowest BCUT2D eigenvalue weighted by Crippen LogP contribution is -2.56. The van der Waals surface area contributed by atoms with Gasteiger partial charge in [-0.3, -0.25) is 0 Å².